The van der Waals surface area contributed by atoms with Gasteiger partial charge in [-0.25, -0.2) is 0 Å². The number of thioether (sulfide) groups is 2. The summed E-state index contributed by atoms with van der Waals surface area (Å²) in [7, 11) is 0. The van der Waals surface area contributed by atoms with Gasteiger partial charge in [0.05, 0.1) is 0 Å². The number of carbonyl (C=O) groups is 1. The van der Waals surface area contributed by atoms with Crippen LogP contribution in [0.2, 0.25) is 0 Å². The van der Waals surface area contributed by atoms with Gasteiger partial charge in [0.2, 0.25) is 0 Å². The Bertz CT molecular complexity index is 754. The number of rotatable bonds is 12. The maximum atomic E-state index is 12.6. The summed E-state index contributed by atoms with van der Waals surface area (Å²) in [6, 6.07) is 21.0. The van der Waals surface area contributed by atoms with Crippen molar-refractivity contribution in [2.24, 2.45) is 5.41 Å². The van der Waals surface area contributed by atoms with E-state index in [0.29, 0.717) is 5.78 Å². The molecule has 0 spiro atoms. The maximum Gasteiger partial charge on any atom is 0.139 e. The Morgan fingerprint density at radius 1 is 0.733 bits per heavy atom. The van der Waals surface area contributed by atoms with Crippen LogP contribution < -0.4 is 0 Å². The highest BCUT2D eigenvalue weighted by Gasteiger charge is 2.40. The molecule has 0 atom stereocenters. The van der Waals surface area contributed by atoms with Crippen LogP contribution in [0.4, 0.5) is 0 Å². The molecule has 0 bridgehead atoms. The summed E-state index contributed by atoms with van der Waals surface area (Å²) in [5.41, 5.74) is -0.0756. The van der Waals surface area contributed by atoms with Crippen LogP contribution in [0.25, 0.3) is 0 Å². The fourth-order valence-corrected chi connectivity index (χ4v) is 5.61. The normalized spacial score (nSPS) is 16.1. The molecule has 158 valence electrons. The van der Waals surface area contributed by atoms with Gasteiger partial charge in [0.1, 0.15) is 5.78 Å². The number of hydrogen-bond donors (Lipinski definition) is 0. The number of ketones is 1. The molecule has 1 fully saturated rings. The van der Waals surface area contributed by atoms with Crippen molar-refractivity contribution >= 4 is 29.3 Å². The Hall–Kier alpha value is -1.71. The van der Waals surface area contributed by atoms with Crippen molar-refractivity contribution in [1.82, 2.24) is 0 Å². The number of benzene rings is 2. The molecule has 0 heterocycles. The summed E-state index contributed by atoms with van der Waals surface area (Å²) >= 11 is 3.72. The smallest absolute Gasteiger partial charge is 0.139 e. The molecule has 0 saturated heterocycles. The van der Waals surface area contributed by atoms with Crippen molar-refractivity contribution in [3.63, 3.8) is 0 Å². The average Bonchev–Trinajstić information content (AvgIpc) is 3.15. The highest BCUT2D eigenvalue weighted by molar-refractivity contribution is 7.99. The largest absolute Gasteiger partial charge is 0.299 e. The standard InChI is InChI=1S/C27H32OS2/c28-26-18-13-21-27(26,19-9-3-11-22-29-24-14-5-1-6-15-24)20-10-4-12-23-30-25-16-7-2-8-17-25/h1-8,11-12,14-17H,9-10,13,18-23H2/b11-3+,12-4+. The lowest BCUT2D eigenvalue weighted by Crippen LogP contribution is -2.25. The molecule has 3 heteroatoms. The van der Waals surface area contributed by atoms with Gasteiger partial charge < -0.3 is 0 Å². The Morgan fingerprint density at radius 3 is 1.67 bits per heavy atom. The van der Waals surface area contributed by atoms with Crippen LogP contribution in [0.15, 0.2) is 94.8 Å². The van der Waals surface area contributed by atoms with Gasteiger partial charge in [0, 0.05) is 33.1 Å². The van der Waals surface area contributed by atoms with E-state index in [4.69, 9.17) is 0 Å². The molecule has 1 nitrogen and oxygen atoms in total. The van der Waals surface area contributed by atoms with Gasteiger partial charge in [0.15, 0.2) is 0 Å². The number of carbonyl (C=O) groups excluding carboxylic acids is 1. The first kappa shape index (κ1) is 23.0. The molecule has 1 aliphatic rings. The Labute approximate surface area is 190 Å². The molecule has 0 aromatic heterocycles. The lowest BCUT2D eigenvalue weighted by molar-refractivity contribution is -0.126. The van der Waals surface area contributed by atoms with Crippen molar-refractivity contribution < 1.29 is 4.79 Å². The molecule has 30 heavy (non-hydrogen) atoms. The van der Waals surface area contributed by atoms with Crippen LogP contribution in [0.5, 0.6) is 0 Å². The lowest BCUT2D eigenvalue weighted by Gasteiger charge is -2.26. The molecule has 0 amide bonds. The van der Waals surface area contributed by atoms with Crippen molar-refractivity contribution in [3.05, 3.63) is 85.0 Å². The van der Waals surface area contributed by atoms with Crippen molar-refractivity contribution in [3.8, 4) is 0 Å². The summed E-state index contributed by atoms with van der Waals surface area (Å²) in [5.74, 6) is 2.49. The molecule has 0 unspecified atom stereocenters. The minimum Gasteiger partial charge on any atom is -0.299 e. The van der Waals surface area contributed by atoms with E-state index in [2.05, 4.69) is 85.0 Å². The third kappa shape index (κ3) is 7.52. The second-order valence-electron chi connectivity index (χ2n) is 7.83. The molecule has 0 aliphatic heterocycles. The summed E-state index contributed by atoms with van der Waals surface area (Å²) in [6.45, 7) is 0. The van der Waals surface area contributed by atoms with E-state index in [1.54, 1.807) is 0 Å². The monoisotopic (exact) mass is 436 g/mol. The summed E-state index contributed by atoms with van der Waals surface area (Å²) in [4.78, 5) is 15.3. The third-order valence-electron chi connectivity index (χ3n) is 5.74. The van der Waals surface area contributed by atoms with Gasteiger partial charge in [-0.05, 0) is 62.8 Å². The number of allylic oxidation sites excluding steroid dienone is 2. The van der Waals surface area contributed by atoms with Gasteiger partial charge in [-0.1, -0.05) is 60.7 Å². The van der Waals surface area contributed by atoms with Crippen LogP contribution in [-0.2, 0) is 4.79 Å². The fourth-order valence-electron chi connectivity index (χ4n) is 4.06. The van der Waals surface area contributed by atoms with E-state index >= 15 is 0 Å². The summed E-state index contributed by atoms with van der Waals surface area (Å²) in [5, 5.41) is 0. The van der Waals surface area contributed by atoms with Gasteiger partial charge in [0.25, 0.3) is 0 Å². The zero-order chi connectivity index (χ0) is 20.9. The predicted molar refractivity (Wildman–Crippen MR) is 132 cm³/mol. The molecule has 3 rings (SSSR count). The highest BCUT2D eigenvalue weighted by Crippen LogP contribution is 2.43. The molecule has 1 aliphatic carbocycles. The van der Waals surface area contributed by atoms with Crippen LogP contribution in [0.3, 0.4) is 0 Å². The minimum atomic E-state index is -0.0756. The summed E-state index contributed by atoms with van der Waals surface area (Å²) < 4.78 is 0. The Morgan fingerprint density at radius 2 is 1.23 bits per heavy atom. The van der Waals surface area contributed by atoms with E-state index < -0.39 is 0 Å². The van der Waals surface area contributed by atoms with E-state index in [1.165, 1.54) is 9.79 Å². The third-order valence-corrected chi connectivity index (χ3v) is 7.67. The SMILES string of the molecule is O=C1CCCC1(CC/C=C/CSc1ccccc1)CC/C=C/CSc1ccccc1. The molecule has 0 radical (unpaired) electrons. The van der Waals surface area contributed by atoms with Crippen LogP contribution in [0.1, 0.15) is 44.9 Å². The molecular formula is C27H32OS2. The van der Waals surface area contributed by atoms with Crippen molar-refractivity contribution in [2.45, 2.75) is 54.7 Å². The first-order chi connectivity index (χ1) is 14.8. The Balaban J connectivity index is 1.38. The van der Waals surface area contributed by atoms with Gasteiger partial charge in [-0.2, -0.15) is 0 Å². The van der Waals surface area contributed by atoms with Gasteiger partial charge in [-0.15, -0.1) is 23.5 Å². The zero-order valence-electron chi connectivity index (χ0n) is 17.7. The quantitative estimate of drug-likeness (QED) is 0.248. The van der Waals surface area contributed by atoms with Gasteiger partial charge in [-0.3, -0.25) is 4.79 Å². The lowest BCUT2D eigenvalue weighted by atomic mass is 9.76. The molecular weight excluding hydrogens is 404 g/mol. The highest BCUT2D eigenvalue weighted by atomic mass is 32.2. The topological polar surface area (TPSA) is 17.1 Å². The second kappa shape index (κ2) is 12.9. The van der Waals surface area contributed by atoms with Crippen molar-refractivity contribution in [2.75, 3.05) is 11.5 Å². The van der Waals surface area contributed by atoms with Gasteiger partial charge >= 0.3 is 0 Å². The van der Waals surface area contributed by atoms with Crippen LogP contribution in [-0.4, -0.2) is 17.3 Å². The number of Topliss-reactive ketones (excluding diaryl/α,β-unsaturated/α-hetero) is 1. The number of hydrogen-bond acceptors (Lipinski definition) is 3. The molecule has 2 aromatic carbocycles. The van der Waals surface area contributed by atoms with Crippen LogP contribution in [0, 0.1) is 5.41 Å². The van der Waals surface area contributed by atoms with E-state index in [0.717, 1.165) is 56.5 Å². The second-order valence-corrected chi connectivity index (χ2v) is 10.0. The maximum absolute atomic E-state index is 12.6. The fraction of sp³-hybridized carbons (Fsp3) is 0.370. The molecule has 1 saturated carbocycles. The van der Waals surface area contributed by atoms with E-state index in [-0.39, 0.29) is 5.41 Å². The summed E-state index contributed by atoms with van der Waals surface area (Å²) in [6.07, 6.45) is 16.0. The molecule has 0 N–H and O–H groups in total. The minimum absolute atomic E-state index is 0.0756. The van der Waals surface area contributed by atoms with E-state index in [1.807, 2.05) is 23.5 Å². The van der Waals surface area contributed by atoms with Crippen molar-refractivity contribution in [1.29, 1.82) is 0 Å². The Kier molecular flexibility index (Phi) is 9.85. The van der Waals surface area contributed by atoms with Crippen LogP contribution >= 0.6 is 23.5 Å². The molecule has 2 aromatic rings. The first-order valence-corrected chi connectivity index (χ1v) is 12.9. The first-order valence-electron chi connectivity index (χ1n) is 11.0. The average molecular weight is 437 g/mol. The van der Waals surface area contributed by atoms with E-state index in [9.17, 15) is 4.79 Å². The predicted octanol–water partition coefficient (Wildman–Crippen LogP) is 7.98. The zero-order valence-corrected chi connectivity index (χ0v) is 19.3.